The molecule has 0 radical (unpaired) electrons. The van der Waals surface area contributed by atoms with Crippen molar-refractivity contribution in [2.45, 2.75) is 24.9 Å². The molecule has 0 aromatic heterocycles. The molecule has 0 spiro atoms. The fraction of sp³-hybridized carbons (Fsp3) is 0.194. The van der Waals surface area contributed by atoms with Crippen molar-refractivity contribution in [3.8, 4) is 17.2 Å². The van der Waals surface area contributed by atoms with E-state index >= 15 is 0 Å². The fourth-order valence-electron chi connectivity index (χ4n) is 4.01. The van der Waals surface area contributed by atoms with E-state index in [0.29, 0.717) is 28.0 Å². The third kappa shape index (κ3) is 7.71. The third-order valence-corrected chi connectivity index (χ3v) is 8.32. The van der Waals surface area contributed by atoms with Crippen molar-refractivity contribution in [1.29, 1.82) is 0 Å². The van der Waals surface area contributed by atoms with Crippen molar-refractivity contribution in [1.82, 2.24) is 5.32 Å². The molecule has 10 heteroatoms. The second-order valence-electron chi connectivity index (χ2n) is 9.20. The summed E-state index contributed by atoms with van der Waals surface area (Å²) in [4.78, 5) is 12.6. The first-order chi connectivity index (χ1) is 19.7. The minimum Gasteiger partial charge on any atom is -0.493 e. The van der Waals surface area contributed by atoms with Crippen LogP contribution in [0.15, 0.2) is 95.9 Å². The average molecular weight is 595 g/mol. The van der Waals surface area contributed by atoms with E-state index in [0.717, 1.165) is 16.7 Å². The Morgan fingerprint density at radius 1 is 0.829 bits per heavy atom. The van der Waals surface area contributed by atoms with E-state index in [1.807, 2.05) is 13.0 Å². The van der Waals surface area contributed by atoms with Crippen molar-refractivity contribution in [3.05, 3.63) is 113 Å². The van der Waals surface area contributed by atoms with Crippen molar-refractivity contribution in [2.24, 2.45) is 0 Å². The Hall–Kier alpha value is -4.21. The van der Waals surface area contributed by atoms with Gasteiger partial charge in [-0.25, -0.2) is 8.42 Å². The molecule has 4 aromatic rings. The zero-order valence-corrected chi connectivity index (χ0v) is 24.5. The summed E-state index contributed by atoms with van der Waals surface area (Å²) in [6.45, 7) is 2.09. The van der Waals surface area contributed by atoms with E-state index in [2.05, 4.69) is 5.32 Å². The average Bonchev–Trinajstić information content (AvgIpc) is 2.99. The zero-order chi connectivity index (χ0) is 29.4. The molecule has 0 unspecified atom stereocenters. The Bertz CT molecular complexity index is 1570. The van der Waals surface area contributed by atoms with Gasteiger partial charge in [0, 0.05) is 11.6 Å². The van der Waals surface area contributed by atoms with Crippen LogP contribution in [0.5, 0.6) is 17.2 Å². The van der Waals surface area contributed by atoms with E-state index in [1.165, 1.54) is 4.31 Å². The number of carbonyl (C=O) groups excluding carboxylic acids is 1. The van der Waals surface area contributed by atoms with Crippen LogP contribution in [-0.4, -0.2) is 35.2 Å². The smallest absolute Gasteiger partial charge is 0.264 e. The van der Waals surface area contributed by atoms with Crippen molar-refractivity contribution in [2.75, 3.05) is 25.1 Å². The Balaban J connectivity index is 1.44. The number of sulfonamides is 1. The lowest BCUT2D eigenvalue weighted by atomic mass is 10.2. The van der Waals surface area contributed by atoms with Crippen LogP contribution in [0.25, 0.3) is 0 Å². The zero-order valence-electron chi connectivity index (χ0n) is 23.0. The van der Waals surface area contributed by atoms with Gasteiger partial charge in [0.05, 0.1) is 31.3 Å². The second kappa shape index (κ2) is 13.4. The minimum atomic E-state index is -3.88. The van der Waals surface area contributed by atoms with Gasteiger partial charge in [-0.15, -0.1) is 0 Å². The van der Waals surface area contributed by atoms with Gasteiger partial charge < -0.3 is 19.5 Å². The summed E-state index contributed by atoms with van der Waals surface area (Å²) in [7, 11) is -0.774. The van der Waals surface area contributed by atoms with E-state index in [-0.39, 0.29) is 30.5 Å². The second-order valence-corrected chi connectivity index (χ2v) is 11.5. The minimum absolute atomic E-state index is 0.103. The number of amides is 1. The lowest BCUT2D eigenvalue weighted by Crippen LogP contribution is -2.30. The van der Waals surface area contributed by atoms with Gasteiger partial charge in [-0.05, 0) is 78.7 Å². The highest BCUT2D eigenvalue weighted by Crippen LogP contribution is 2.29. The molecule has 0 heterocycles. The molecule has 0 saturated carbocycles. The molecule has 0 atom stereocenters. The summed E-state index contributed by atoms with van der Waals surface area (Å²) in [5.74, 6) is 1.29. The topological polar surface area (TPSA) is 94.2 Å². The predicted octanol–water partition coefficient (Wildman–Crippen LogP) is 5.76. The molecular weight excluding hydrogens is 564 g/mol. The highest BCUT2D eigenvalue weighted by Gasteiger charge is 2.25. The van der Waals surface area contributed by atoms with E-state index in [4.69, 9.17) is 25.8 Å². The van der Waals surface area contributed by atoms with Crippen LogP contribution >= 0.6 is 11.6 Å². The number of hydrogen-bond acceptors (Lipinski definition) is 6. The largest absolute Gasteiger partial charge is 0.493 e. The van der Waals surface area contributed by atoms with Crippen molar-refractivity contribution < 1.29 is 27.4 Å². The lowest BCUT2D eigenvalue weighted by Gasteiger charge is -2.25. The molecule has 0 saturated heterocycles. The summed E-state index contributed by atoms with van der Waals surface area (Å²) in [6.07, 6.45) is 0. The normalized spacial score (nSPS) is 11.0. The van der Waals surface area contributed by atoms with Crippen LogP contribution in [0.1, 0.15) is 16.7 Å². The van der Waals surface area contributed by atoms with E-state index in [1.54, 1.807) is 99.1 Å². The quantitative estimate of drug-likeness (QED) is 0.224. The summed E-state index contributed by atoms with van der Waals surface area (Å²) in [5, 5.41) is 3.37. The van der Waals surface area contributed by atoms with Gasteiger partial charge in [-0.2, -0.15) is 0 Å². The highest BCUT2D eigenvalue weighted by molar-refractivity contribution is 7.92. The number of halogens is 1. The maximum atomic E-state index is 13.7. The van der Waals surface area contributed by atoms with Crippen molar-refractivity contribution in [3.63, 3.8) is 0 Å². The number of nitrogens with one attached hydrogen (secondary N) is 1. The molecule has 4 aromatic carbocycles. The Morgan fingerprint density at radius 2 is 1.46 bits per heavy atom. The summed E-state index contributed by atoms with van der Waals surface area (Å²) >= 11 is 6.03. The molecule has 1 amide bonds. The molecule has 0 aliphatic carbocycles. The number of rotatable bonds is 12. The number of hydrogen-bond donors (Lipinski definition) is 1. The van der Waals surface area contributed by atoms with Crippen LogP contribution < -0.4 is 23.8 Å². The maximum absolute atomic E-state index is 13.7. The molecule has 0 aliphatic heterocycles. The van der Waals surface area contributed by atoms with Gasteiger partial charge in [0.25, 0.3) is 15.9 Å². The van der Waals surface area contributed by atoms with Gasteiger partial charge >= 0.3 is 0 Å². The van der Waals surface area contributed by atoms with Crippen LogP contribution in [0.3, 0.4) is 0 Å². The Labute approximate surface area is 245 Å². The molecule has 0 bridgehead atoms. The van der Waals surface area contributed by atoms with Crippen molar-refractivity contribution >= 4 is 33.2 Å². The number of methoxy groups -OCH3 is 2. The Morgan fingerprint density at radius 3 is 2.10 bits per heavy atom. The first-order valence-electron chi connectivity index (χ1n) is 12.7. The van der Waals surface area contributed by atoms with Crippen LogP contribution in [-0.2, 0) is 27.9 Å². The molecule has 0 fully saturated rings. The molecular formula is C31H31ClN2O6S. The first-order valence-corrected chi connectivity index (χ1v) is 14.6. The molecule has 8 nitrogen and oxygen atoms in total. The summed E-state index contributed by atoms with van der Waals surface area (Å²) < 4.78 is 44.9. The van der Waals surface area contributed by atoms with Crippen LogP contribution in [0.4, 0.5) is 5.69 Å². The fourth-order valence-corrected chi connectivity index (χ4v) is 5.59. The monoisotopic (exact) mass is 594 g/mol. The van der Waals surface area contributed by atoms with Gasteiger partial charge in [-0.1, -0.05) is 47.5 Å². The summed E-state index contributed by atoms with van der Waals surface area (Å²) in [6, 6.07) is 25.7. The standard InChI is InChI=1S/C31H31ClN2O6S/c1-22-4-15-28(16-5-22)41(36,37)34(20-23-6-9-25(32)10-7-23)26-11-13-27(14-12-26)40-21-31(35)33-19-24-8-17-29(38-2)30(18-24)39-3/h4-18H,19-21H2,1-3H3,(H,33,35). The van der Waals surface area contributed by atoms with E-state index < -0.39 is 10.0 Å². The number of nitrogens with zero attached hydrogens (tertiary/aromatic N) is 1. The van der Waals surface area contributed by atoms with E-state index in [9.17, 15) is 13.2 Å². The number of aryl methyl sites for hydroxylation is 1. The number of ether oxygens (including phenoxy) is 3. The third-order valence-electron chi connectivity index (χ3n) is 6.28. The number of benzene rings is 4. The predicted molar refractivity (Wildman–Crippen MR) is 159 cm³/mol. The number of carbonyl (C=O) groups is 1. The molecule has 214 valence electrons. The maximum Gasteiger partial charge on any atom is 0.264 e. The van der Waals surface area contributed by atoms with Gasteiger partial charge in [-0.3, -0.25) is 9.10 Å². The number of anilines is 1. The molecule has 0 aliphatic rings. The van der Waals surface area contributed by atoms with Gasteiger partial charge in [0.2, 0.25) is 0 Å². The first kappa shape index (κ1) is 29.8. The molecule has 1 N–H and O–H groups in total. The molecule has 4 rings (SSSR count). The summed E-state index contributed by atoms with van der Waals surface area (Å²) in [5.41, 5.74) is 3.03. The highest BCUT2D eigenvalue weighted by atomic mass is 35.5. The Kier molecular flexibility index (Phi) is 9.75. The SMILES string of the molecule is COc1ccc(CNC(=O)COc2ccc(N(Cc3ccc(Cl)cc3)S(=O)(=O)c3ccc(C)cc3)cc2)cc1OC. The van der Waals surface area contributed by atoms with Crippen LogP contribution in [0, 0.1) is 6.92 Å². The molecule has 41 heavy (non-hydrogen) atoms. The van der Waals surface area contributed by atoms with Gasteiger partial charge in [0.15, 0.2) is 18.1 Å². The lowest BCUT2D eigenvalue weighted by molar-refractivity contribution is -0.123. The van der Waals surface area contributed by atoms with Gasteiger partial charge in [0.1, 0.15) is 5.75 Å². The van der Waals surface area contributed by atoms with Crippen LogP contribution in [0.2, 0.25) is 5.02 Å².